The highest BCUT2D eigenvalue weighted by Crippen LogP contribution is 2.34. The minimum atomic E-state index is -0.434. The lowest BCUT2D eigenvalue weighted by molar-refractivity contribution is -0.189. The Morgan fingerprint density at radius 2 is 1.95 bits per heavy atom. The van der Waals surface area contributed by atoms with Crippen LogP contribution in [0.2, 0.25) is 0 Å². The summed E-state index contributed by atoms with van der Waals surface area (Å²) < 4.78 is 11.5. The lowest BCUT2D eigenvalue weighted by Gasteiger charge is -2.39. The number of hydrogen-bond donors (Lipinski definition) is 1. The van der Waals surface area contributed by atoms with E-state index in [-0.39, 0.29) is 6.03 Å². The second kappa shape index (κ2) is 7.01. The third-order valence-electron chi connectivity index (χ3n) is 5.30. The Balaban J connectivity index is 1.40. The fraction of sp³-hybridized carbons (Fsp3) is 0.824. The summed E-state index contributed by atoms with van der Waals surface area (Å²) in [5, 5.41) is 3.11. The van der Waals surface area contributed by atoms with Crippen molar-refractivity contribution in [2.45, 2.75) is 44.8 Å². The van der Waals surface area contributed by atoms with Gasteiger partial charge in [0.2, 0.25) is 0 Å². The first-order valence-electron chi connectivity index (χ1n) is 8.63. The van der Waals surface area contributed by atoms with E-state index in [0.29, 0.717) is 25.0 Å². The van der Waals surface area contributed by atoms with E-state index >= 15 is 0 Å². The zero-order valence-electron chi connectivity index (χ0n) is 13.6. The maximum atomic E-state index is 12.3. The van der Waals surface area contributed by atoms with Crippen molar-refractivity contribution in [2.75, 3.05) is 32.8 Å². The lowest BCUT2D eigenvalue weighted by atomic mass is 9.89. The molecule has 0 aromatic carbocycles. The molecule has 1 aliphatic carbocycles. The van der Waals surface area contributed by atoms with Crippen molar-refractivity contribution in [3.8, 4) is 0 Å². The minimum Gasteiger partial charge on any atom is -0.348 e. The van der Waals surface area contributed by atoms with Crippen molar-refractivity contribution in [1.82, 2.24) is 10.2 Å². The molecule has 2 amide bonds. The van der Waals surface area contributed by atoms with Crippen LogP contribution in [0.15, 0.2) is 12.2 Å². The van der Waals surface area contributed by atoms with E-state index in [1.165, 1.54) is 6.42 Å². The maximum Gasteiger partial charge on any atom is 0.317 e. The fourth-order valence-electron chi connectivity index (χ4n) is 3.76. The van der Waals surface area contributed by atoms with E-state index in [2.05, 4.69) is 17.5 Å². The molecule has 0 aromatic rings. The largest absolute Gasteiger partial charge is 0.348 e. The first-order chi connectivity index (χ1) is 10.7. The van der Waals surface area contributed by atoms with E-state index < -0.39 is 5.79 Å². The van der Waals surface area contributed by atoms with Crippen molar-refractivity contribution in [3.63, 3.8) is 0 Å². The molecule has 124 valence electrons. The molecule has 0 aromatic heterocycles. The molecule has 5 nitrogen and oxygen atoms in total. The average molecular weight is 308 g/mol. The van der Waals surface area contributed by atoms with Crippen molar-refractivity contribution in [2.24, 2.45) is 11.8 Å². The Hall–Kier alpha value is -1.07. The molecule has 22 heavy (non-hydrogen) atoms. The zero-order chi connectivity index (χ0) is 15.4. The number of nitrogens with zero attached hydrogens (tertiary/aromatic N) is 1. The van der Waals surface area contributed by atoms with Gasteiger partial charge in [0.15, 0.2) is 5.79 Å². The summed E-state index contributed by atoms with van der Waals surface area (Å²) in [5.74, 6) is 0.560. The zero-order valence-corrected chi connectivity index (χ0v) is 13.6. The number of ether oxygens (including phenoxy) is 2. The molecule has 3 aliphatic rings. The number of carbonyl (C=O) groups excluding carboxylic acids is 1. The summed E-state index contributed by atoms with van der Waals surface area (Å²) in [7, 11) is 0. The summed E-state index contributed by atoms with van der Waals surface area (Å²) in [6, 6.07) is 0.0893. The van der Waals surface area contributed by atoms with Crippen LogP contribution in [0.25, 0.3) is 0 Å². The first kappa shape index (κ1) is 15.8. The molecular formula is C17H28N2O3. The van der Waals surface area contributed by atoms with Crippen LogP contribution in [0.5, 0.6) is 0 Å². The lowest BCUT2D eigenvalue weighted by Crippen LogP contribution is -2.49. The molecule has 2 aliphatic heterocycles. The molecule has 3 rings (SSSR count). The molecule has 0 bridgehead atoms. The Morgan fingerprint density at radius 1 is 1.23 bits per heavy atom. The van der Waals surface area contributed by atoms with Crippen LogP contribution in [0.4, 0.5) is 4.79 Å². The van der Waals surface area contributed by atoms with Gasteiger partial charge in [-0.15, -0.1) is 0 Å². The summed E-state index contributed by atoms with van der Waals surface area (Å²) in [6.45, 7) is 5.80. The van der Waals surface area contributed by atoms with Gasteiger partial charge >= 0.3 is 6.03 Å². The second-order valence-electron chi connectivity index (χ2n) is 6.81. The third kappa shape index (κ3) is 3.63. The number of amides is 2. The van der Waals surface area contributed by atoms with E-state index in [4.69, 9.17) is 9.47 Å². The van der Waals surface area contributed by atoms with Crippen molar-refractivity contribution in [1.29, 1.82) is 0 Å². The number of nitrogens with one attached hydrogen (secondary N) is 1. The third-order valence-corrected chi connectivity index (χ3v) is 5.30. The van der Waals surface area contributed by atoms with E-state index in [1.54, 1.807) is 0 Å². The first-order valence-corrected chi connectivity index (χ1v) is 8.63. The van der Waals surface area contributed by atoms with E-state index in [0.717, 1.165) is 45.3 Å². The van der Waals surface area contributed by atoms with Crippen LogP contribution in [0, 0.1) is 11.8 Å². The Kier molecular flexibility index (Phi) is 5.03. The predicted molar refractivity (Wildman–Crippen MR) is 84.5 cm³/mol. The Bertz CT molecular complexity index is 410. The van der Waals surface area contributed by atoms with Gasteiger partial charge in [0.05, 0.1) is 13.2 Å². The highest BCUT2D eigenvalue weighted by atomic mass is 16.7. The molecule has 1 atom stereocenters. The van der Waals surface area contributed by atoms with Gasteiger partial charge in [0.1, 0.15) is 0 Å². The number of likely N-dealkylation sites (tertiary alicyclic amines) is 1. The molecular weight excluding hydrogens is 280 g/mol. The van der Waals surface area contributed by atoms with Gasteiger partial charge < -0.3 is 19.7 Å². The number of piperidine rings is 1. The SMILES string of the molecule is CC1(C2CCN(C(=O)NC[C@H]3CC=CCC3)CC2)OCCO1. The van der Waals surface area contributed by atoms with Gasteiger partial charge in [0.25, 0.3) is 0 Å². The average Bonchev–Trinajstić information content (AvgIpc) is 3.02. The smallest absolute Gasteiger partial charge is 0.317 e. The second-order valence-corrected chi connectivity index (χ2v) is 6.81. The maximum absolute atomic E-state index is 12.3. The van der Waals surface area contributed by atoms with Gasteiger partial charge in [-0.2, -0.15) is 0 Å². The normalized spacial score (nSPS) is 28.8. The summed E-state index contributed by atoms with van der Waals surface area (Å²) >= 11 is 0. The summed E-state index contributed by atoms with van der Waals surface area (Å²) in [4.78, 5) is 14.2. The number of hydrogen-bond acceptors (Lipinski definition) is 3. The molecule has 0 unspecified atom stereocenters. The fourth-order valence-corrected chi connectivity index (χ4v) is 3.76. The van der Waals surface area contributed by atoms with Gasteiger partial charge in [-0.25, -0.2) is 4.79 Å². The highest BCUT2D eigenvalue weighted by Gasteiger charge is 2.41. The van der Waals surface area contributed by atoms with Crippen LogP contribution in [-0.4, -0.2) is 49.6 Å². The topological polar surface area (TPSA) is 50.8 Å². The van der Waals surface area contributed by atoms with E-state index in [9.17, 15) is 4.79 Å². The summed E-state index contributed by atoms with van der Waals surface area (Å²) in [6.07, 6.45) is 9.79. The molecule has 0 saturated carbocycles. The molecule has 2 heterocycles. The number of carbonyl (C=O) groups is 1. The van der Waals surface area contributed by atoms with Crippen LogP contribution in [0.1, 0.15) is 39.0 Å². The van der Waals surface area contributed by atoms with Gasteiger partial charge in [-0.3, -0.25) is 0 Å². The van der Waals surface area contributed by atoms with Gasteiger partial charge in [0, 0.05) is 25.6 Å². The van der Waals surface area contributed by atoms with Crippen LogP contribution in [0.3, 0.4) is 0 Å². The standard InChI is InChI=1S/C17H28N2O3/c1-17(21-11-12-22-17)15-7-9-19(10-8-15)16(20)18-13-14-5-3-2-4-6-14/h2-3,14-15H,4-13H2,1H3,(H,18,20)/t14-/m0/s1. The van der Waals surface area contributed by atoms with E-state index in [1.807, 2.05) is 11.8 Å². The van der Waals surface area contributed by atoms with Crippen LogP contribution < -0.4 is 5.32 Å². The predicted octanol–water partition coefficient (Wildman–Crippen LogP) is 2.53. The van der Waals surface area contributed by atoms with Gasteiger partial charge in [-0.1, -0.05) is 12.2 Å². The van der Waals surface area contributed by atoms with Gasteiger partial charge in [-0.05, 0) is 44.9 Å². The molecule has 0 spiro atoms. The molecule has 5 heteroatoms. The quantitative estimate of drug-likeness (QED) is 0.815. The number of allylic oxidation sites excluding steroid dienone is 2. The van der Waals surface area contributed by atoms with Crippen molar-refractivity contribution >= 4 is 6.03 Å². The Labute approximate surface area is 133 Å². The van der Waals surface area contributed by atoms with Crippen LogP contribution >= 0.6 is 0 Å². The summed E-state index contributed by atoms with van der Waals surface area (Å²) in [5.41, 5.74) is 0. The van der Waals surface area contributed by atoms with Crippen molar-refractivity contribution < 1.29 is 14.3 Å². The van der Waals surface area contributed by atoms with Crippen molar-refractivity contribution in [3.05, 3.63) is 12.2 Å². The number of rotatable bonds is 3. The molecule has 0 radical (unpaired) electrons. The minimum absolute atomic E-state index is 0.0893. The molecule has 2 fully saturated rings. The molecule has 2 saturated heterocycles. The highest BCUT2D eigenvalue weighted by molar-refractivity contribution is 5.74. The monoisotopic (exact) mass is 308 g/mol. The number of urea groups is 1. The van der Waals surface area contributed by atoms with Crippen LogP contribution in [-0.2, 0) is 9.47 Å². The Morgan fingerprint density at radius 3 is 2.59 bits per heavy atom. The molecule has 1 N–H and O–H groups in total.